The van der Waals surface area contributed by atoms with Crippen molar-refractivity contribution in [3.8, 4) is 0 Å². The quantitative estimate of drug-likeness (QED) is 0.430. The monoisotopic (exact) mass is 310 g/mol. The number of nitrogens with one attached hydrogen (secondary N) is 1. The van der Waals surface area contributed by atoms with E-state index in [0.29, 0.717) is 6.42 Å². The molecule has 1 radical (unpaired) electrons. The van der Waals surface area contributed by atoms with Crippen molar-refractivity contribution in [2.24, 2.45) is 0 Å². The first-order chi connectivity index (χ1) is 9.07. The molecule has 1 unspecified atom stereocenters. The Hall–Kier alpha value is 0.576. The Labute approximate surface area is 165 Å². The molecule has 1 atom stereocenters. The average molecular weight is 310 g/mol. The summed E-state index contributed by atoms with van der Waals surface area (Å²) in [5.41, 5.74) is 0. The molecule has 0 bridgehead atoms. The number of carbonyl (C=O) groups is 2. The van der Waals surface area contributed by atoms with Crippen LogP contribution in [0.25, 0.3) is 0 Å². The van der Waals surface area contributed by atoms with Gasteiger partial charge in [-0.1, -0.05) is 58.3 Å². The largest absolute Gasteiger partial charge is 0.480 e. The summed E-state index contributed by atoms with van der Waals surface area (Å²) in [7, 11) is 0. The minimum atomic E-state index is -0.986. The van der Waals surface area contributed by atoms with Gasteiger partial charge in [-0.15, -0.1) is 0 Å². The van der Waals surface area contributed by atoms with Gasteiger partial charge in [-0.05, 0) is 13.3 Å². The standard InChI is InChI=1S/C15H29NO3.K/c1-3-4-5-6-7-8-9-10-11-12-14(17)16-13(2)15(18)19;/h13H,3-12H2,1-2H3,(H,16,17)(H,18,19);. The molecular weight excluding hydrogens is 281 g/mol. The molecule has 0 aliphatic carbocycles. The molecule has 113 valence electrons. The second-order valence-corrected chi connectivity index (χ2v) is 5.21. The number of hydrogen-bond acceptors (Lipinski definition) is 2. The summed E-state index contributed by atoms with van der Waals surface area (Å²) in [5, 5.41) is 11.1. The van der Waals surface area contributed by atoms with Crippen molar-refractivity contribution >= 4 is 63.3 Å². The van der Waals surface area contributed by atoms with E-state index < -0.39 is 12.0 Å². The van der Waals surface area contributed by atoms with Gasteiger partial charge in [0, 0.05) is 57.8 Å². The Morgan fingerprint density at radius 3 is 1.85 bits per heavy atom. The normalized spacial score (nSPS) is 11.5. The van der Waals surface area contributed by atoms with Gasteiger partial charge >= 0.3 is 5.97 Å². The number of carboxylic acids is 1. The summed E-state index contributed by atoms with van der Waals surface area (Å²) in [6.07, 6.45) is 11.3. The minimum Gasteiger partial charge on any atom is -0.480 e. The van der Waals surface area contributed by atoms with Crippen molar-refractivity contribution in [1.29, 1.82) is 0 Å². The van der Waals surface area contributed by atoms with Crippen LogP contribution in [0.2, 0.25) is 0 Å². The summed E-state index contributed by atoms with van der Waals surface area (Å²) < 4.78 is 0. The Balaban J connectivity index is 0. The van der Waals surface area contributed by atoms with Gasteiger partial charge < -0.3 is 10.4 Å². The van der Waals surface area contributed by atoms with Crippen LogP contribution in [0.15, 0.2) is 0 Å². The van der Waals surface area contributed by atoms with Crippen molar-refractivity contribution in [2.75, 3.05) is 0 Å². The van der Waals surface area contributed by atoms with E-state index in [1.165, 1.54) is 51.9 Å². The van der Waals surface area contributed by atoms with Gasteiger partial charge in [-0.2, -0.15) is 0 Å². The Morgan fingerprint density at radius 2 is 1.40 bits per heavy atom. The Kier molecular flexibility index (Phi) is 18.2. The molecule has 0 aromatic rings. The third-order valence-electron chi connectivity index (χ3n) is 3.26. The van der Waals surface area contributed by atoms with Crippen LogP contribution < -0.4 is 5.32 Å². The first-order valence-electron chi connectivity index (χ1n) is 7.60. The molecule has 0 fully saturated rings. The number of rotatable bonds is 12. The summed E-state index contributed by atoms with van der Waals surface area (Å²) in [6, 6.07) is -0.786. The van der Waals surface area contributed by atoms with Gasteiger partial charge in [-0.3, -0.25) is 9.59 Å². The zero-order chi connectivity index (χ0) is 14.5. The van der Waals surface area contributed by atoms with E-state index in [1.807, 2.05) is 0 Å². The molecule has 0 aromatic heterocycles. The van der Waals surface area contributed by atoms with Gasteiger partial charge in [-0.25, -0.2) is 0 Å². The molecule has 1 amide bonds. The average Bonchev–Trinajstić information content (AvgIpc) is 2.36. The molecule has 2 N–H and O–H groups in total. The molecule has 0 saturated carbocycles. The predicted molar refractivity (Wildman–Crippen MR) is 82.8 cm³/mol. The molecule has 0 aliphatic heterocycles. The molecule has 0 rings (SSSR count). The van der Waals surface area contributed by atoms with Crippen molar-refractivity contribution in [3.05, 3.63) is 0 Å². The van der Waals surface area contributed by atoms with E-state index in [1.54, 1.807) is 0 Å². The third-order valence-corrected chi connectivity index (χ3v) is 3.26. The number of carbonyl (C=O) groups excluding carboxylic acids is 1. The summed E-state index contributed by atoms with van der Waals surface area (Å²) >= 11 is 0. The van der Waals surface area contributed by atoms with Crippen LogP contribution in [-0.4, -0.2) is 74.4 Å². The third kappa shape index (κ3) is 15.0. The molecule has 0 spiro atoms. The predicted octanol–water partition coefficient (Wildman–Crippen LogP) is 3.12. The van der Waals surface area contributed by atoms with Crippen LogP contribution in [-0.2, 0) is 9.59 Å². The van der Waals surface area contributed by atoms with Crippen LogP contribution in [0.4, 0.5) is 0 Å². The topological polar surface area (TPSA) is 66.4 Å². The SMILES string of the molecule is CCCCCCCCCCCC(=O)NC(C)C(=O)O.[K]. The molecule has 5 heteroatoms. The Bertz CT molecular complexity index is 260. The number of hydrogen-bond donors (Lipinski definition) is 2. The second-order valence-electron chi connectivity index (χ2n) is 5.21. The van der Waals surface area contributed by atoms with E-state index >= 15 is 0 Å². The number of carboxylic acid groups (broad SMARTS) is 1. The molecule has 0 saturated heterocycles. The fourth-order valence-electron chi connectivity index (χ4n) is 1.97. The second kappa shape index (κ2) is 16.0. The van der Waals surface area contributed by atoms with Crippen molar-refractivity contribution in [1.82, 2.24) is 5.32 Å². The smallest absolute Gasteiger partial charge is 0.325 e. The van der Waals surface area contributed by atoms with Crippen LogP contribution in [0.5, 0.6) is 0 Å². The fourth-order valence-corrected chi connectivity index (χ4v) is 1.97. The van der Waals surface area contributed by atoms with Crippen molar-refractivity contribution < 1.29 is 14.7 Å². The first kappa shape index (κ1) is 22.9. The maximum absolute atomic E-state index is 11.4. The number of amides is 1. The minimum absolute atomic E-state index is 0. The van der Waals surface area contributed by atoms with Crippen LogP contribution in [0, 0.1) is 0 Å². The van der Waals surface area contributed by atoms with Gasteiger partial charge in [0.15, 0.2) is 0 Å². The molecule has 0 aromatic carbocycles. The maximum Gasteiger partial charge on any atom is 0.325 e. The summed E-state index contributed by atoms with van der Waals surface area (Å²) in [6.45, 7) is 3.70. The first-order valence-corrected chi connectivity index (χ1v) is 7.60. The molecule has 0 heterocycles. The zero-order valence-electron chi connectivity index (χ0n) is 13.4. The van der Waals surface area contributed by atoms with Crippen LogP contribution >= 0.6 is 0 Å². The molecule has 20 heavy (non-hydrogen) atoms. The van der Waals surface area contributed by atoms with Gasteiger partial charge in [0.25, 0.3) is 0 Å². The van der Waals surface area contributed by atoms with Gasteiger partial charge in [0.05, 0.1) is 0 Å². The molecular formula is C15H29KNO3. The van der Waals surface area contributed by atoms with Crippen molar-refractivity contribution in [3.63, 3.8) is 0 Å². The van der Waals surface area contributed by atoms with Gasteiger partial charge in [0.1, 0.15) is 6.04 Å². The van der Waals surface area contributed by atoms with Crippen molar-refractivity contribution in [2.45, 2.75) is 84.1 Å². The van der Waals surface area contributed by atoms with Crippen LogP contribution in [0.3, 0.4) is 0 Å². The fraction of sp³-hybridized carbons (Fsp3) is 0.867. The van der Waals surface area contributed by atoms with Crippen LogP contribution in [0.1, 0.15) is 78.1 Å². The molecule has 4 nitrogen and oxygen atoms in total. The van der Waals surface area contributed by atoms with E-state index in [4.69, 9.17) is 5.11 Å². The maximum atomic E-state index is 11.4. The van der Waals surface area contributed by atoms with E-state index in [9.17, 15) is 9.59 Å². The number of aliphatic carboxylic acids is 1. The van der Waals surface area contributed by atoms with E-state index in [-0.39, 0.29) is 57.3 Å². The van der Waals surface area contributed by atoms with E-state index in [0.717, 1.165) is 12.8 Å². The summed E-state index contributed by atoms with van der Waals surface area (Å²) in [5.74, 6) is -1.14. The van der Waals surface area contributed by atoms with E-state index in [2.05, 4.69) is 12.2 Å². The van der Waals surface area contributed by atoms with Gasteiger partial charge in [0.2, 0.25) is 5.91 Å². The summed E-state index contributed by atoms with van der Waals surface area (Å²) in [4.78, 5) is 21.9. The Morgan fingerprint density at radius 1 is 0.950 bits per heavy atom. The molecule has 0 aliphatic rings. The zero-order valence-corrected chi connectivity index (χ0v) is 16.5. The number of unbranched alkanes of at least 4 members (excludes halogenated alkanes) is 8.